The van der Waals surface area contributed by atoms with Crippen molar-refractivity contribution in [2.45, 2.75) is 19.5 Å². The summed E-state index contributed by atoms with van der Waals surface area (Å²) in [5.74, 6) is -1.82. The van der Waals surface area contributed by atoms with E-state index in [1.807, 2.05) is 30.3 Å². The van der Waals surface area contributed by atoms with Gasteiger partial charge in [-0.2, -0.15) is 0 Å². The summed E-state index contributed by atoms with van der Waals surface area (Å²) in [7, 11) is 0. The molecule has 1 atom stereocenters. The van der Waals surface area contributed by atoms with Crippen LogP contribution in [0.25, 0.3) is 0 Å². The molecule has 0 radical (unpaired) electrons. The minimum absolute atomic E-state index is 0.223. The van der Waals surface area contributed by atoms with Crippen LogP contribution in [0.5, 0.6) is 0 Å². The number of nitrogens with zero attached hydrogens (tertiary/aromatic N) is 1. The van der Waals surface area contributed by atoms with Crippen molar-refractivity contribution in [2.75, 3.05) is 0 Å². The quantitative estimate of drug-likeness (QED) is 0.620. The summed E-state index contributed by atoms with van der Waals surface area (Å²) >= 11 is 0. The van der Waals surface area contributed by atoms with Crippen molar-refractivity contribution in [3.05, 3.63) is 63.9 Å². The van der Waals surface area contributed by atoms with E-state index in [9.17, 15) is 19.7 Å². The van der Waals surface area contributed by atoms with Gasteiger partial charge in [0.25, 0.3) is 5.91 Å². The van der Waals surface area contributed by atoms with Crippen LogP contribution in [0.1, 0.15) is 23.0 Å². The SMILES string of the molecule is CC(NC(=O)c1ccc([N+](=O)[O-])o1)C(=O)NCc1ccccc1. The Kier molecular flexibility index (Phi) is 5.08. The van der Waals surface area contributed by atoms with Crippen LogP contribution in [0.3, 0.4) is 0 Å². The fourth-order valence-corrected chi connectivity index (χ4v) is 1.82. The zero-order valence-corrected chi connectivity index (χ0v) is 12.3. The minimum Gasteiger partial charge on any atom is -0.395 e. The molecule has 0 aliphatic rings. The molecule has 0 bridgehead atoms. The van der Waals surface area contributed by atoms with Gasteiger partial charge in [0.15, 0.2) is 5.76 Å². The molecule has 23 heavy (non-hydrogen) atoms. The highest BCUT2D eigenvalue weighted by atomic mass is 16.6. The van der Waals surface area contributed by atoms with Crippen LogP contribution in [0, 0.1) is 10.1 Å². The second-order valence-corrected chi connectivity index (χ2v) is 4.79. The molecule has 0 saturated heterocycles. The third-order valence-electron chi connectivity index (χ3n) is 3.05. The lowest BCUT2D eigenvalue weighted by molar-refractivity contribution is -0.402. The topological polar surface area (TPSA) is 114 Å². The molecule has 0 aliphatic carbocycles. The number of nitro groups is 1. The molecular weight excluding hydrogens is 302 g/mol. The van der Waals surface area contributed by atoms with E-state index in [0.29, 0.717) is 6.54 Å². The lowest BCUT2D eigenvalue weighted by Gasteiger charge is -2.13. The van der Waals surface area contributed by atoms with Gasteiger partial charge in [-0.15, -0.1) is 0 Å². The Bertz CT molecular complexity index is 711. The van der Waals surface area contributed by atoms with E-state index in [1.54, 1.807) is 0 Å². The Morgan fingerprint density at radius 3 is 2.52 bits per heavy atom. The summed E-state index contributed by atoms with van der Waals surface area (Å²) in [6, 6.07) is 10.8. The predicted molar refractivity (Wildman–Crippen MR) is 80.6 cm³/mol. The zero-order chi connectivity index (χ0) is 16.8. The summed E-state index contributed by atoms with van der Waals surface area (Å²) in [4.78, 5) is 33.6. The molecular formula is C15H15N3O5. The molecule has 2 rings (SSSR count). The van der Waals surface area contributed by atoms with Crippen LogP contribution in [0.2, 0.25) is 0 Å². The van der Waals surface area contributed by atoms with Gasteiger partial charge in [0, 0.05) is 6.54 Å². The van der Waals surface area contributed by atoms with Crippen LogP contribution >= 0.6 is 0 Å². The fraction of sp³-hybridized carbons (Fsp3) is 0.200. The number of hydrogen-bond donors (Lipinski definition) is 2. The number of nitrogens with one attached hydrogen (secondary N) is 2. The summed E-state index contributed by atoms with van der Waals surface area (Å²) in [5, 5.41) is 15.6. The monoisotopic (exact) mass is 317 g/mol. The number of carbonyl (C=O) groups is 2. The highest BCUT2D eigenvalue weighted by molar-refractivity contribution is 5.95. The first kappa shape index (κ1) is 16.2. The van der Waals surface area contributed by atoms with E-state index in [2.05, 4.69) is 10.6 Å². The summed E-state index contributed by atoms with van der Waals surface area (Å²) in [6.07, 6.45) is 0. The molecule has 0 saturated carbocycles. The molecule has 0 spiro atoms. The summed E-state index contributed by atoms with van der Waals surface area (Å²) in [5.41, 5.74) is 0.932. The van der Waals surface area contributed by atoms with Gasteiger partial charge in [0.1, 0.15) is 11.0 Å². The van der Waals surface area contributed by atoms with Crippen molar-refractivity contribution in [1.82, 2.24) is 10.6 Å². The van der Waals surface area contributed by atoms with E-state index >= 15 is 0 Å². The normalized spacial score (nSPS) is 11.5. The van der Waals surface area contributed by atoms with Crippen molar-refractivity contribution >= 4 is 17.7 Å². The molecule has 1 unspecified atom stereocenters. The maximum Gasteiger partial charge on any atom is 0.433 e. The molecule has 1 aromatic carbocycles. The second kappa shape index (κ2) is 7.21. The van der Waals surface area contributed by atoms with Gasteiger partial charge < -0.3 is 15.1 Å². The third kappa shape index (κ3) is 4.40. The summed E-state index contributed by atoms with van der Waals surface area (Å²) in [6.45, 7) is 1.85. The van der Waals surface area contributed by atoms with Gasteiger partial charge >= 0.3 is 5.88 Å². The molecule has 1 aromatic heterocycles. The van der Waals surface area contributed by atoms with Crippen LogP contribution in [0.4, 0.5) is 5.88 Å². The standard InChI is InChI=1S/C15H15N3O5/c1-10(14(19)16-9-11-5-3-2-4-6-11)17-15(20)12-7-8-13(23-12)18(21)22/h2-8,10H,9H2,1H3,(H,16,19)(H,17,20). The average molecular weight is 317 g/mol. The Morgan fingerprint density at radius 1 is 1.22 bits per heavy atom. The van der Waals surface area contributed by atoms with Crippen molar-refractivity contribution in [3.8, 4) is 0 Å². The molecule has 8 nitrogen and oxygen atoms in total. The predicted octanol–water partition coefficient (Wildman–Crippen LogP) is 1.62. The highest BCUT2D eigenvalue weighted by Crippen LogP contribution is 2.15. The number of rotatable bonds is 6. The largest absolute Gasteiger partial charge is 0.433 e. The zero-order valence-electron chi connectivity index (χ0n) is 12.3. The summed E-state index contributed by atoms with van der Waals surface area (Å²) < 4.78 is 4.77. The Labute approximate surface area is 131 Å². The van der Waals surface area contributed by atoms with Gasteiger partial charge in [-0.3, -0.25) is 19.7 Å². The molecule has 2 amide bonds. The van der Waals surface area contributed by atoms with Crippen LogP contribution < -0.4 is 10.6 Å². The molecule has 120 valence electrons. The first-order chi connectivity index (χ1) is 11.0. The maximum absolute atomic E-state index is 11.9. The Balaban J connectivity index is 1.87. The third-order valence-corrected chi connectivity index (χ3v) is 3.05. The fourth-order valence-electron chi connectivity index (χ4n) is 1.82. The Hall–Kier alpha value is -3.16. The average Bonchev–Trinajstić information content (AvgIpc) is 3.04. The number of furan rings is 1. The first-order valence-electron chi connectivity index (χ1n) is 6.84. The minimum atomic E-state index is -0.810. The van der Waals surface area contributed by atoms with Gasteiger partial charge in [0.2, 0.25) is 5.91 Å². The van der Waals surface area contributed by atoms with Crippen molar-refractivity contribution in [1.29, 1.82) is 0 Å². The van der Waals surface area contributed by atoms with Crippen LogP contribution in [-0.2, 0) is 11.3 Å². The number of amides is 2. The second-order valence-electron chi connectivity index (χ2n) is 4.79. The van der Waals surface area contributed by atoms with Gasteiger partial charge in [-0.1, -0.05) is 30.3 Å². The molecule has 2 aromatic rings. The highest BCUT2D eigenvalue weighted by Gasteiger charge is 2.21. The first-order valence-corrected chi connectivity index (χ1v) is 6.84. The Morgan fingerprint density at radius 2 is 1.91 bits per heavy atom. The van der Waals surface area contributed by atoms with Crippen molar-refractivity contribution < 1.29 is 18.9 Å². The number of carbonyl (C=O) groups excluding carboxylic acids is 2. The lowest BCUT2D eigenvalue weighted by Crippen LogP contribution is -2.44. The molecule has 2 N–H and O–H groups in total. The number of hydrogen-bond acceptors (Lipinski definition) is 5. The smallest absolute Gasteiger partial charge is 0.395 e. The maximum atomic E-state index is 11.9. The molecule has 8 heteroatoms. The lowest BCUT2D eigenvalue weighted by atomic mass is 10.2. The van der Waals surface area contributed by atoms with E-state index in [4.69, 9.17) is 4.42 Å². The van der Waals surface area contributed by atoms with Crippen molar-refractivity contribution in [2.24, 2.45) is 0 Å². The van der Waals surface area contributed by atoms with Gasteiger partial charge in [-0.05, 0) is 18.6 Å². The van der Waals surface area contributed by atoms with E-state index < -0.39 is 22.8 Å². The molecule has 1 heterocycles. The molecule has 0 fully saturated rings. The van der Waals surface area contributed by atoms with E-state index in [1.165, 1.54) is 13.0 Å². The van der Waals surface area contributed by atoms with Gasteiger partial charge in [-0.25, -0.2) is 0 Å². The van der Waals surface area contributed by atoms with E-state index in [-0.39, 0.29) is 11.7 Å². The molecule has 0 aliphatic heterocycles. The van der Waals surface area contributed by atoms with Crippen LogP contribution in [-0.4, -0.2) is 22.8 Å². The van der Waals surface area contributed by atoms with Gasteiger partial charge in [0.05, 0.1) is 6.07 Å². The van der Waals surface area contributed by atoms with Crippen LogP contribution in [0.15, 0.2) is 46.9 Å². The van der Waals surface area contributed by atoms with E-state index in [0.717, 1.165) is 11.6 Å². The van der Waals surface area contributed by atoms with Crippen molar-refractivity contribution in [3.63, 3.8) is 0 Å². The number of benzene rings is 1.